The molecule has 82 valence electrons. The van der Waals surface area contributed by atoms with Crippen molar-refractivity contribution in [1.82, 2.24) is 0 Å². The van der Waals surface area contributed by atoms with Crippen LogP contribution >= 0.6 is 23.2 Å². The molecule has 0 saturated heterocycles. The third-order valence-electron chi connectivity index (χ3n) is 2.01. The number of amides is 1. The van der Waals surface area contributed by atoms with Crippen molar-refractivity contribution in [3.8, 4) is 0 Å². The fraction of sp³-hybridized carbons (Fsp3) is 0.300. The summed E-state index contributed by atoms with van der Waals surface area (Å²) < 4.78 is 0. The summed E-state index contributed by atoms with van der Waals surface area (Å²) in [5.41, 5.74) is 5.88. The molecule has 1 aromatic rings. The van der Waals surface area contributed by atoms with E-state index in [1.54, 1.807) is 25.1 Å². The summed E-state index contributed by atoms with van der Waals surface area (Å²) in [7, 11) is 0. The Labute approximate surface area is 98.5 Å². The van der Waals surface area contributed by atoms with Gasteiger partial charge in [-0.05, 0) is 12.1 Å². The molecule has 1 unspecified atom stereocenters. The molecule has 15 heavy (non-hydrogen) atoms. The van der Waals surface area contributed by atoms with Crippen LogP contribution < -0.4 is 11.1 Å². The van der Waals surface area contributed by atoms with Gasteiger partial charge in [0.05, 0.1) is 15.7 Å². The van der Waals surface area contributed by atoms with E-state index >= 15 is 0 Å². The highest BCUT2D eigenvalue weighted by Gasteiger charge is 2.13. The quantitative estimate of drug-likeness (QED) is 0.862. The van der Waals surface area contributed by atoms with Crippen molar-refractivity contribution < 1.29 is 4.79 Å². The largest absolute Gasteiger partial charge is 0.330 e. The predicted octanol–water partition coefficient (Wildman–Crippen LogP) is 2.53. The number of carbonyl (C=O) groups is 1. The molecule has 0 spiro atoms. The number of carbonyl (C=O) groups excluding carboxylic acids is 1. The van der Waals surface area contributed by atoms with Crippen LogP contribution in [0.15, 0.2) is 18.2 Å². The van der Waals surface area contributed by atoms with Gasteiger partial charge in [-0.1, -0.05) is 36.2 Å². The lowest BCUT2D eigenvalue weighted by Crippen LogP contribution is -2.26. The topological polar surface area (TPSA) is 55.1 Å². The Bertz CT molecular complexity index is 368. The van der Waals surface area contributed by atoms with Gasteiger partial charge >= 0.3 is 0 Å². The molecule has 3 N–H and O–H groups in total. The molecule has 5 heteroatoms. The molecule has 0 bridgehead atoms. The number of nitrogens with one attached hydrogen (secondary N) is 1. The van der Waals surface area contributed by atoms with Gasteiger partial charge in [-0.15, -0.1) is 0 Å². The smallest absolute Gasteiger partial charge is 0.228 e. The first-order chi connectivity index (χ1) is 7.06. The van der Waals surface area contributed by atoms with Crippen LogP contribution in [0.1, 0.15) is 6.92 Å². The Hall–Kier alpha value is -0.770. The van der Waals surface area contributed by atoms with Crippen LogP contribution in [-0.4, -0.2) is 12.5 Å². The Morgan fingerprint density at radius 2 is 2.20 bits per heavy atom. The first-order valence-corrected chi connectivity index (χ1v) is 5.26. The SMILES string of the molecule is CC(CN)C(=O)Nc1cccc(Cl)c1Cl. The average molecular weight is 247 g/mol. The molecule has 0 saturated carbocycles. The molecule has 3 nitrogen and oxygen atoms in total. The number of halogens is 2. The monoisotopic (exact) mass is 246 g/mol. The third-order valence-corrected chi connectivity index (χ3v) is 2.83. The van der Waals surface area contributed by atoms with E-state index in [9.17, 15) is 4.79 Å². The predicted molar refractivity (Wildman–Crippen MR) is 63.3 cm³/mol. The van der Waals surface area contributed by atoms with Crippen molar-refractivity contribution in [3.05, 3.63) is 28.2 Å². The lowest BCUT2D eigenvalue weighted by molar-refractivity contribution is -0.119. The van der Waals surface area contributed by atoms with Crippen LogP contribution in [0.3, 0.4) is 0 Å². The molecule has 0 radical (unpaired) electrons. The Morgan fingerprint density at radius 1 is 1.53 bits per heavy atom. The van der Waals surface area contributed by atoms with E-state index in [0.29, 0.717) is 22.3 Å². The van der Waals surface area contributed by atoms with E-state index in [0.717, 1.165) is 0 Å². The number of hydrogen-bond acceptors (Lipinski definition) is 2. The fourth-order valence-corrected chi connectivity index (χ4v) is 1.31. The first-order valence-electron chi connectivity index (χ1n) is 4.51. The highest BCUT2D eigenvalue weighted by molar-refractivity contribution is 6.43. The molecule has 1 rings (SSSR count). The van der Waals surface area contributed by atoms with E-state index in [2.05, 4.69) is 5.32 Å². The third kappa shape index (κ3) is 3.09. The normalized spacial score (nSPS) is 12.3. The van der Waals surface area contributed by atoms with Gasteiger partial charge in [-0.25, -0.2) is 0 Å². The lowest BCUT2D eigenvalue weighted by Gasteiger charge is -2.11. The second kappa shape index (κ2) is 5.35. The molecule has 0 aromatic heterocycles. The Kier molecular flexibility index (Phi) is 4.39. The second-order valence-electron chi connectivity index (χ2n) is 3.23. The Morgan fingerprint density at radius 3 is 2.80 bits per heavy atom. The zero-order valence-corrected chi connectivity index (χ0v) is 9.77. The van der Waals surface area contributed by atoms with Crippen molar-refractivity contribution in [2.75, 3.05) is 11.9 Å². The number of benzene rings is 1. The van der Waals surface area contributed by atoms with Gasteiger partial charge in [0.2, 0.25) is 5.91 Å². The standard InChI is InChI=1S/C10H12Cl2N2O/c1-6(5-13)10(15)14-8-4-2-3-7(11)9(8)12/h2-4,6H,5,13H2,1H3,(H,14,15). The summed E-state index contributed by atoms with van der Waals surface area (Å²) in [5.74, 6) is -0.415. The van der Waals surface area contributed by atoms with Crippen molar-refractivity contribution >= 4 is 34.8 Å². The number of anilines is 1. The zero-order chi connectivity index (χ0) is 11.4. The molecule has 0 heterocycles. The summed E-state index contributed by atoms with van der Waals surface area (Å²) >= 11 is 11.7. The zero-order valence-electron chi connectivity index (χ0n) is 8.26. The van der Waals surface area contributed by atoms with Crippen molar-refractivity contribution in [2.24, 2.45) is 11.7 Å². The summed E-state index contributed by atoms with van der Waals surface area (Å²) in [5, 5.41) is 3.42. The maximum Gasteiger partial charge on any atom is 0.228 e. The minimum atomic E-state index is -0.250. The minimum absolute atomic E-state index is 0.165. The van der Waals surface area contributed by atoms with Gasteiger partial charge in [0.1, 0.15) is 0 Å². The molecular formula is C10H12Cl2N2O. The average Bonchev–Trinajstić information content (AvgIpc) is 2.23. The molecule has 0 aliphatic rings. The van der Waals surface area contributed by atoms with Crippen molar-refractivity contribution in [2.45, 2.75) is 6.92 Å². The lowest BCUT2D eigenvalue weighted by atomic mass is 10.1. The molecule has 1 amide bonds. The fourth-order valence-electron chi connectivity index (χ4n) is 0.963. The van der Waals surface area contributed by atoms with Crippen LogP contribution in [-0.2, 0) is 4.79 Å². The van der Waals surface area contributed by atoms with Crippen molar-refractivity contribution in [3.63, 3.8) is 0 Å². The molecule has 0 aliphatic carbocycles. The highest BCUT2D eigenvalue weighted by Crippen LogP contribution is 2.29. The van der Waals surface area contributed by atoms with Gasteiger partial charge in [0.15, 0.2) is 0 Å². The maximum atomic E-state index is 11.5. The summed E-state index contributed by atoms with van der Waals surface area (Å²) in [4.78, 5) is 11.5. The van der Waals surface area contributed by atoms with Crippen LogP contribution in [0.5, 0.6) is 0 Å². The summed E-state index contributed by atoms with van der Waals surface area (Å²) in [6, 6.07) is 5.07. The summed E-state index contributed by atoms with van der Waals surface area (Å²) in [6.45, 7) is 2.04. The second-order valence-corrected chi connectivity index (χ2v) is 4.01. The van der Waals surface area contributed by atoms with Crippen LogP contribution in [0.4, 0.5) is 5.69 Å². The maximum absolute atomic E-state index is 11.5. The first kappa shape index (κ1) is 12.3. The molecule has 1 aromatic carbocycles. The van der Waals surface area contributed by atoms with Crippen molar-refractivity contribution in [1.29, 1.82) is 0 Å². The van der Waals surface area contributed by atoms with Crippen LogP contribution in [0.25, 0.3) is 0 Å². The number of hydrogen-bond donors (Lipinski definition) is 2. The van der Waals surface area contributed by atoms with E-state index < -0.39 is 0 Å². The van der Waals surface area contributed by atoms with E-state index in [4.69, 9.17) is 28.9 Å². The molecule has 0 fully saturated rings. The minimum Gasteiger partial charge on any atom is -0.330 e. The van der Waals surface area contributed by atoms with Gasteiger partial charge in [-0.3, -0.25) is 4.79 Å². The molecule has 1 atom stereocenters. The van der Waals surface area contributed by atoms with E-state index in [-0.39, 0.29) is 11.8 Å². The molecular weight excluding hydrogens is 235 g/mol. The van der Waals surface area contributed by atoms with Gasteiger partial charge in [0.25, 0.3) is 0 Å². The van der Waals surface area contributed by atoms with Gasteiger partial charge in [-0.2, -0.15) is 0 Å². The highest BCUT2D eigenvalue weighted by atomic mass is 35.5. The Balaban J connectivity index is 2.81. The van der Waals surface area contributed by atoms with Gasteiger partial charge < -0.3 is 11.1 Å². The van der Waals surface area contributed by atoms with E-state index in [1.807, 2.05) is 0 Å². The van der Waals surface area contributed by atoms with Crippen LogP contribution in [0, 0.1) is 5.92 Å². The van der Waals surface area contributed by atoms with Gasteiger partial charge in [0, 0.05) is 12.5 Å². The van der Waals surface area contributed by atoms with E-state index in [1.165, 1.54) is 0 Å². The van der Waals surface area contributed by atoms with Crippen LogP contribution in [0.2, 0.25) is 10.0 Å². The molecule has 0 aliphatic heterocycles. The number of rotatable bonds is 3. The summed E-state index contributed by atoms with van der Waals surface area (Å²) in [6.07, 6.45) is 0. The number of nitrogens with two attached hydrogens (primary N) is 1.